The van der Waals surface area contributed by atoms with E-state index in [1.165, 1.54) is 25.0 Å². The molecule has 206 valence electrons. The molecule has 2 amide bonds. The number of hydrogen-bond donors (Lipinski definition) is 2. The summed E-state index contributed by atoms with van der Waals surface area (Å²) in [4.78, 5) is 29.0. The van der Waals surface area contributed by atoms with Gasteiger partial charge in [-0.25, -0.2) is 8.78 Å². The van der Waals surface area contributed by atoms with Gasteiger partial charge in [-0.05, 0) is 50.3 Å². The number of ether oxygens (including phenoxy) is 1. The Morgan fingerprint density at radius 2 is 1.95 bits per heavy atom. The highest BCUT2D eigenvalue weighted by atomic mass is 19.1. The van der Waals surface area contributed by atoms with Gasteiger partial charge in [-0.15, -0.1) is 0 Å². The molecule has 10 heteroatoms. The van der Waals surface area contributed by atoms with E-state index in [2.05, 4.69) is 20.7 Å². The van der Waals surface area contributed by atoms with E-state index in [1.807, 2.05) is 31.2 Å². The maximum Gasteiger partial charge on any atom is 0.273 e. The molecule has 0 bridgehead atoms. The predicted molar refractivity (Wildman–Crippen MR) is 140 cm³/mol. The van der Waals surface area contributed by atoms with Gasteiger partial charge >= 0.3 is 0 Å². The van der Waals surface area contributed by atoms with Crippen molar-refractivity contribution in [2.75, 3.05) is 26.7 Å². The van der Waals surface area contributed by atoms with E-state index in [9.17, 15) is 18.4 Å². The normalized spacial score (nSPS) is 20.3. The number of methoxy groups -OCH3 is 1. The van der Waals surface area contributed by atoms with E-state index in [4.69, 9.17) is 9.26 Å². The number of nitrogens with zero attached hydrogens (tertiary/aromatic N) is 2. The Labute approximate surface area is 225 Å². The summed E-state index contributed by atoms with van der Waals surface area (Å²) in [6.45, 7) is 4.14. The molecule has 1 saturated heterocycles. The molecule has 3 atom stereocenters. The van der Waals surface area contributed by atoms with Gasteiger partial charge in [0.2, 0.25) is 5.91 Å². The number of amides is 2. The molecule has 2 fully saturated rings. The summed E-state index contributed by atoms with van der Waals surface area (Å²) in [6, 6.07) is 11.2. The molecular formula is C29H32F2N4O4. The number of piperidine rings is 1. The molecule has 0 spiro atoms. The fourth-order valence-electron chi connectivity index (χ4n) is 5.15. The second kappa shape index (κ2) is 11.5. The third-order valence-corrected chi connectivity index (χ3v) is 7.47. The second-order valence-corrected chi connectivity index (χ2v) is 10.4. The SMILES string of the molecule is COc1ccccc1C(C)NC(=O)[C@H]1CN(CC2CC2)CC[C@@H]1NC(=O)c1cc(-c2ccc(F)cc2F)on1. The van der Waals surface area contributed by atoms with Gasteiger partial charge < -0.3 is 24.8 Å². The zero-order valence-electron chi connectivity index (χ0n) is 22.0. The third-order valence-electron chi connectivity index (χ3n) is 7.47. The smallest absolute Gasteiger partial charge is 0.273 e. The third kappa shape index (κ3) is 6.27. The minimum Gasteiger partial charge on any atom is -0.496 e. The summed E-state index contributed by atoms with van der Waals surface area (Å²) in [6.07, 6.45) is 3.01. The molecule has 2 aromatic carbocycles. The Hall–Kier alpha value is -3.79. The van der Waals surface area contributed by atoms with Crippen LogP contribution in [0.15, 0.2) is 53.1 Å². The summed E-state index contributed by atoms with van der Waals surface area (Å²) < 4.78 is 38.1. The average molecular weight is 539 g/mol. The maximum atomic E-state index is 14.2. The van der Waals surface area contributed by atoms with Gasteiger partial charge in [0, 0.05) is 43.4 Å². The van der Waals surface area contributed by atoms with Crippen LogP contribution in [0.1, 0.15) is 48.3 Å². The van der Waals surface area contributed by atoms with Gasteiger partial charge in [-0.3, -0.25) is 9.59 Å². The van der Waals surface area contributed by atoms with Crippen LogP contribution >= 0.6 is 0 Å². The number of likely N-dealkylation sites (tertiary alicyclic amines) is 1. The minimum atomic E-state index is -0.818. The van der Waals surface area contributed by atoms with Crippen molar-refractivity contribution in [3.05, 3.63) is 71.4 Å². The first-order valence-corrected chi connectivity index (χ1v) is 13.2. The fraction of sp³-hybridized carbons (Fsp3) is 0.414. The number of hydrogen-bond acceptors (Lipinski definition) is 6. The van der Waals surface area contributed by atoms with Crippen molar-refractivity contribution in [2.45, 2.75) is 38.3 Å². The highest BCUT2D eigenvalue weighted by molar-refractivity contribution is 5.94. The first kappa shape index (κ1) is 26.8. The molecule has 39 heavy (non-hydrogen) atoms. The van der Waals surface area contributed by atoms with Crippen LogP contribution in [0.4, 0.5) is 8.78 Å². The highest BCUT2D eigenvalue weighted by Crippen LogP contribution is 2.32. The van der Waals surface area contributed by atoms with Crippen LogP contribution in [0.2, 0.25) is 0 Å². The quantitative estimate of drug-likeness (QED) is 0.421. The molecule has 1 saturated carbocycles. The largest absolute Gasteiger partial charge is 0.496 e. The molecule has 1 unspecified atom stereocenters. The molecule has 2 N–H and O–H groups in total. The molecule has 0 radical (unpaired) electrons. The van der Waals surface area contributed by atoms with E-state index in [0.29, 0.717) is 24.6 Å². The van der Waals surface area contributed by atoms with Crippen molar-refractivity contribution >= 4 is 11.8 Å². The highest BCUT2D eigenvalue weighted by Gasteiger charge is 2.38. The molecule has 2 heterocycles. The van der Waals surface area contributed by atoms with Crippen LogP contribution in [0.3, 0.4) is 0 Å². The Morgan fingerprint density at radius 1 is 1.15 bits per heavy atom. The van der Waals surface area contributed by atoms with Crippen LogP contribution in [-0.2, 0) is 4.79 Å². The summed E-state index contributed by atoms with van der Waals surface area (Å²) >= 11 is 0. The number of para-hydroxylation sites is 1. The van der Waals surface area contributed by atoms with E-state index < -0.39 is 29.5 Å². The first-order chi connectivity index (χ1) is 18.8. The van der Waals surface area contributed by atoms with Crippen LogP contribution in [0.5, 0.6) is 5.75 Å². The predicted octanol–water partition coefficient (Wildman–Crippen LogP) is 4.34. The molecule has 2 aliphatic rings. The van der Waals surface area contributed by atoms with Gasteiger partial charge in [-0.2, -0.15) is 0 Å². The average Bonchev–Trinajstić information content (AvgIpc) is 3.61. The Balaban J connectivity index is 1.30. The van der Waals surface area contributed by atoms with Crippen molar-refractivity contribution in [3.63, 3.8) is 0 Å². The lowest BCUT2D eigenvalue weighted by Gasteiger charge is -2.38. The van der Waals surface area contributed by atoms with E-state index in [1.54, 1.807) is 7.11 Å². The zero-order chi connectivity index (χ0) is 27.5. The van der Waals surface area contributed by atoms with Crippen molar-refractivity contribution in [1.82, 2.24) is 20.7 Å². The number of halogens is 2. The van der Waals surface area contributed by atoms with Crippen molar-refractivity contribution in [2.24, 2.45) is 11.8 Å². The van der Waals surface area contributed by atoms with Crippen LogP contribution in [-0.4, -0.2) is 54.7 Å². The molecule has 8 nitrogen and oxygen atoms in total. The molecular weight excluding hydrogens is 506 g/mol. The molecule has 1 aliphatic heterocycles. The van der Waals surface area contributed by atoms with Crippen molar-refractivity contribution < 1.29 is 27.6 Å². The summed E-state index contributed by atoms with van der Waals surface area (Å²) in [5, 5.41) is 9.85. The number of aromatic nitrogens is 1. The lowest BCUT2D eigenvalue weighted by molar-refractivity contribution is -0.128. The number of rotatable bonds is 9. The molecule has 5 rings (SSSR count). The lowest BCUT2D eigenvalue weighted by atomic mass is 9.90. The van der Waals surface area contributed by atoms with Gasteiger partial charge in [0.05, 0.1) is 24.6 Å². The molecule has 1 aromatic heterocycles. The van der Waals surface area contributed by atoms with E-state index in [-0.39, 0.29) is 29.0 Å². The lowest BCUT2D eigenvalue weighted by Crippen LogP contribution is -2.56. The van der Waals surface area contributed by atoms with Crippen LogP contribution < -0.4 is 15.4 Å². The number of carbonyl (C=O) groups excluding carboxylic acids is 2. The zero-order valence-corrected chi connectivity index (χ0v) is 22.0. The number of carbonyl (C=O) groups is 2. The summed E-state index contributed by atoms with van der Waals surface area (Å²) in [7, 11) is 1.59. The number of nitrogens with one attached hydrogen (secondary N) is 2. The standard InChI is InChI=1S/C29H32F2N4O4/c1-17(20-5-3-4-6-26(20)38-2)32-28(36)22-16-35(15-18-7-8-18)12-11-24(22)33-29(37)25-14-27(39-34-25)21-10-9-19(30)13-23(21)31/h3-6,9-10,13-14,17-18,22,24H,7-8,11-12,15-16H2,1-2H3,(H,32,36)(H,33,37)/t17?,22-,24-/m0/s1. The maximum absolute atomic E-state index is 14.2. The monoisotopic (exact) mass is 538 g/mol. The summed E-state index contributed by atoms with van der Waals surface area (Å²) in [5.74, 6) is -1.33. The number of benzene rings is 2. The second-order valence-electron chi connectivity index (χ2n) is 10.4. The van der Waals surface area contributed by atoms with Crippen molar-refractivity contribution in [3.8, 4) is 17.1 Å². The van der Waals surface area contributed by atoms with Gasteiger partial charge in [-0.1, -0.05) is 23.4 Å². The summed E-state index contributed by atoms with van der Waals surface area (Å²) in [5.41, 5.74) is 0.817. The van der Waals surface area contributed by atoms with Gasteiger partial charge in [0.25, 0.3) is 5.91 Å². The van der Waals surface area contributed by atoms with Crippen LogP contribution in [0.25, 0.3) is 11.3 Å². The van der Waals surface area contributed by atoms with Crippen LogP contribution in [0, 0.1) is 23.5 Å². The Morgan fingerprint density at radius 3 is 2.69 bits per heavy atom. The Bertz CT molecular complexity index is 1340. The van der Waals surface area contributed by atoms with Gasteiger partial charge in [0.15, 0.2) is 11.5 Å². The minimum absolute atomic E-state index is 0.00100. The molecule has 3 aromatic rings. The molecule has 1 aliphatic carbocycles. The topological polar surface area (TPSA) is 96.7 Å². The first-order valence-electron chi connectivity index (χ1n) is 13.2. The fourth-order valence-corrected chi connectivity index (χ4v) is 5.15. The van der Waals surface area contributed by atoms with E-state index >= 15 is 0 Å². The van der Waals surface area contributed by atoms with Crippen molar-refractivity contribution in [1.29, 1.82) is 0 Å². The Kier molecular flexibility index (Phi) is 7.92. The van der Waals surface area contributed by atoms with E-state index in [0.717, 1.165) is 30.8 Å². The van der Waals surface area contributed by atoms with Gasteiger partial charge in [0.1, 0.15) is 17.4 Å².